The normalized spacial score (nSPS) is 19.2. The van der Waals surface area contributed by atoms with Crippen LogP contribution in [0, 0.1) is 0 Å². The van der Waals surface area contributed by atoms with Gasteiger partial charge in [-0.3, -0.25) is 0 Å². The van der Waals surface area contributed by atoms with Gasteiger partial charge >= 0.3 is 0 Å². The Kier molecular flexibility index (Phi) is 5.97. The maximum absolute atomic E-state index is 6.05. The Morgan fingerprint density at radius 1 is 0.929 bits per heavy atom. The molecule has 9 heteroatoms. The monoisotopic (exact) mass is 442 g/mol. The summed E-state index contributed by atoms with van der Waals surface area (Å²) in [4.78, 5) is 13.1. The van der Waals surface area contributed by atoms with Gasteiger partial charge in [0.2, 0.25) is 15.7 Å². The van der Waals surface area contributed by atoms with Gasteiger partial charge in [0.05, 0.1) is 0 Å². The molecule has 3 N–H and O–H groups in total. The van der Waals surface area contributed by atoms with Crippen molar-refractivity contribution in [3.63, 3.8) is 0 Å². The number of para-hydroxylation sites is 1. The molecule has 0 unspecified atom stereocenters. The van der Waals surface area contributed by atoms with Crippen LogP contribution in [0.15, 0.2) is 30.3 Å². The van der Waals surface area contributed by atoms with Gasteiger partial charge in [0.25, 0.3) is 0 Å². The molecule has 152 valence electrons. The Hall–Kier alpha value is -1.34. The minimum Gasteiger partial charge on any atom is -0.351 e. The Balaban J connectivity index is 1.88. The van der Waals surface area contributed by atoms with Gasteiger partial charge in [0, 0.05) is 22.8 Å². The Morgan fingerprint density at radius 3 is 2.07 bits per heavy atom. The first kappa shape index (κ1) is 21.4. The molecule has 3 rings (SSSR count). The van der Waals surface area contributed by atoms with Gasteiger partial charge in [0.15, 0.2) is 5.82 Å². The number of benzene rings is 1. The summed E-state index contributed by atoms with van der Waals surface area (Å²) in [5, 5.41) is 10.2. The number of anilines is 3. The van der Waals surface area contributed by atoms with E-state index in [9.17, 15) is 0 Å². The lowest BCUT2D eigenvalue weighted by Crippen LogP contribution is -2.60. The molecule has 28 heavy (non-hydrogen) atoms. The third kappa shape index (κ3) is 5.83. The van der Waals surface area contributed by atoms with Crippen molar-refractivity contribution >= 4 is 52.4 Å². The fraction of sp³-hybridized carbons (Fsp3) is 0.526. The van der Waals surface area contributed by atoms with Crippen LogP contribution < -0.4 is 16.0 Å². The van der Waals surface area contributed by atoms with E-state index in [1.807, 2.05) is 30.3 Å². The zero-order valence-corrected chi connectivity index (χ0v) is 18.6. The number of piperidine rings is 1. The third-order valence-electron chi connectivity index (χ3n) is 4.44. The highest BCUT2D eigenvalue weighted by Gasteiger charge is 2.38. The summed E-state index contributed by atoms with van der Waals surface area (Å²) in [6.45, 7) is 8.74. The van der Waals surface area contributed by atoms with Crippen LogP contribution in [0.3, 0.4) is 0 Å². The number of alkyl halides is 3. The van der Waals surface area contributed by atoms with Crippen molar-refractivity contribution < 1.29 is 0 Å². The molecule has 1 aliphatic rings. The first-order valence-corrected chi connectivity index (χ1v) is 10.3. The van der Waals surface area contributed by atoms with E-state index in [1.165, 1.54) is 0 Å². The molecule has 0 radical (unpaired) electrons. The van der Waals surface area contributed by atoms with Crippen molar-refractivity contribution in [1.29, 1.82) is 0 Å². The quantitative estimate of drug-likeness (QED) is 0.567. The number of halogens is 3. The van der Waals surface area contributed by atoms with Gasteiger partial charge < -0.3 is 16.0 Å². The number of nitrogens with one attached hydrogen (secondary N) is 3. The number of rotatable bonds is 4. The molecule has 6 nitrogen and oxygen atoms in total. The molecule has 0 aliphatic carbocycles. The van der Waals surface area contributed by atoms with Crippen LogP contribution >= 0.6 is 34.8 Å². The van der Waals surface area contributed by atoms with E-state index in [2.05, 4.69) is 58.6 Å². The smallest absolute Gasteiger partial charge is 0.250 e. The van der Waals surface area contributed by atoms with Crippen LogP contribution in [0.25, 0.3) is 0 Å². The molecule has 2 aromatic rings. The highest BCUT2D eigenvalue weighted by Crippen LogP contribution is 2.37. The summed E-state index contributed by atoms with van der Waals surface area (Å²) in [5.74, 6) is 0.770. The van der Waals surface area contributed by atoms with E-state index < -0.39 is 3.79 Å². The van der Waals surface area contributed by atoms with Crippen LogP contribution in [0.1, 0.15) is 46.4 Å². The topological polar surface area (TPSA) is 74.8 Å². The Labute approximate surface area is 180 Å². The van der Waals surface area contributed by atoms with Crippen LogP contribution in [0.4, 0.5) is 17.6 Å². The van der Waals surface area contributed by atoms with Gasteiger partial charge in [-0.25, -0.2) is 0 Å². The highest BCUT2D eigenvalue weighted by molar-refractivity contribution is 6.66. The van der Waals surface area contributed by atoms with Crippen molar-refractivity contribution in [2.75, 3.05) is 10.6 Å². The van der Waals surface area contributed by atoms with Gasteiger partial charge in [-0.15, -0.1) is 0 Å². The average molecular weight is 444 g/mol. The summed E-state index contributed by atoms with van der Waals surface area (Å²) in [5.41, 5.74) is 0.796. The van der Waals surface area contributed by atoms with Crippen molar-refractivity contribution in [3.05, 3.63) is 36.2 Å². The predicted molar refractivity (Wildman–Crippen MR) is 117 cm³/mol. The minimum atomic E-state index is -1.75. The number of nitrogens with zero attached hydrogens (tertiary/aromatic N) is 3. The lowest BCUT2D eigenvalue weighted by atomic mass is 9.80. The van der Waals surface area contributed by atoms with Gasteiger partial charge in [0.1, 0.15) is 0 Å². The van der Waals surface area contributed by atoms with Gasteiger partial charge in [-0.1, -0.05) is 53.0 Å². The summed E-state index contributed by atoms with van der Waals surface area (Å²) >= 11 is 18.2. The van der Waals surface area contributed by atoms with E-state index in [0.717, 1.165) is 18.5 Å². The van der Waals surface area contributed by atoms with Crippen molar-refractivity contribution in [2.24, 2.45) is 0 Å². The minimum absolute atomic E-state index is 0.0182. The second-order valence-electron chi connectivity index (χ2n) is 8.44. The van der Waals surface area contributed by atoms with Crippen LogP contribution in [0.2, 0.25) is 0 Å². The Morgan fingerprint density at radius 2 is 1.50 bits per heavy atom. The first-order valence-electron chi connectivity index (χ1n) is 9.13. The first-order chi connectivity index (χ1) is 12.9. The largest absolute Gasteiger partial charge is 0.351 e. The lowest BCUT2D eigenvalue weighted by Gasteiger charge is -2.46. The lowest BCUT2D eigenvalue weighted by molar-refractivity contribution is 0.170. The highest BCUT2D eigenvalue weighted by atomic mass is 35.6. The van der Waals surface area contributed by atoms with Crippen molar-refractivity contribution in [3.8, 4) is 0 Å². The molecule has 0 atom stereocenters. The maximum atomic E-state index is 6.05. The summed E-state index contributed by atoms with van der Waals surface area (Å²) in [6.07, 6.45) is 1.82. The standard InChI is InChI=1S/C19H25Cl3N6/c1-17(2)10-13(11-18(3,4)28-17)24-16-26-14(19(20,21)22)25-15(27-16)23-12-8-6-5-7-9-12/h5-9,13,28H,10-11H2,1-4H3,(H2,23,24,25,26,27). The summed E-state index contributed by atoms with van der Waals surface area (Å²) < 4.78 is -1.75. The zero-order chi connectivity index (χ0) is 20.6. The molecule has 1 saturated heterocycles. The zero-order valence-electron chi connectivity index (χ0n) is 16.4. The Bertz CT molecular complexity index is 804. The number of hydrogen-bond donors (Lipinski definition) is 3. The molecule has 0 saturated carbocycles. The number of aromatic nitrogens is 3. The molecule has 0 bridgehead atoms. The van der Waals surface area contributed by atoms with Crippen molar-refractivity contribution in [1.82, 2.24) is 20.3 Å². The van der Waals surface area contributed by atoms with Crippen LogP contribution in [0.5, 0.6) is 0 Å². The number of hydrogen-bond acceptors (Lipinski definition) is 6. The van der Waals surface area contributed by atoms with E-state index in [4.69, 9.17) is 34.8 Å². The van der Waals surface area contributed by atoms with Crippen LogP contribution in [-0.4, -0.2) is 32.1 Å². The molecule has 2 heterocycles. The molecule has 1 aromatic carbocycles. The third-order valence-corrected chi connectivity index (χ3v) is 4.95. The van der Waals surface area contributed by atoms with E-state index >= 15 is 0 Å². The molecule has 1 aromatic heterocycles. The second kappa shape index (κ2) is 7.82. The fourth-order valence-electron chi connectivity index (χ4n) is 3.88. The predicted octanol–water partition coefficient (Wildman–Crippen LogP) is 5.16. The molecule has 1 fully saturated rings. The fourth-order valence-corrected chi connectivity index (χ4v) is 4.13. The average Bonchev–Trinajstić information content (AvgIpc) is 2.51. The van der Waals surface area contributed by atoms with Crippen molar-refractivity contribution in [2.45, 2.75) is 61.4 Å². The van der Waals surface area contributed by atoms with E-state index in [1.54, 1.807) is 0 Å². The summed E-state index contributed by atoms with van der Waals surface area (Å²) in [6, 6.07) is 9.74. The molecule has 0 spiro atoms. The SMILES string of the molecule is CC1(C)CC(Nc2nc(Nc3ccccc3)nc(C(Cl)(Cl)Cl)n2)CC(C)(C)N1. The van der Waals surface area contributed by atoms with Gasteiger partial charge in [-0.05, 0) is 52.7 Å². The molecular weight excluding hydrogens is 419 g/mol. The second-order valence-corrected chi connectivity index (χ2v) is 10.7. The van der Waals surface area contributed by atoms with Gasteiger partial charge in [-0.2, -0.15) is 15.0 Å². The van der Waals surface area contributed by atoms with E-state index in [-0.39, 0.29) is 22.9 Å². The van der Waals surface area contributed by atoms with E-state index in [0.29, 0.717) is 11.9 Å². The summed E-state index contributed by atoms with van der Waals surface area (Å²) in [7, 11) is 0. The maximum Gasteiger partial charge on any atom is 0.250 e. The molecular formula is C19H25Cl3N6. The molecule has 1 aliphatic heterocycles. The van der Waals surface area contributed by atoms with Crippen LogP contribution in [-0.2, 0) is 3.79 Å². The molecule has 0 amide bonds.